The highest BCUT2D eigenvalue weighted by Crippen LogP contribution is 2.04. The molecule has 92 valence electrons. The summed E-state index contributed by atoms with van der Waals surface area (Å²) in [5.74, 6) is 0. The molecule has 16 heavy (non-hydrogen) atoms. The average Bonchev–Trinajstić information content (AvgIpc) is 2.31. The zero-order valence-corrected chi connectivity index (χ0v) is 11.0. The quantitative estimate of drug-likeness (QED) is 0.234. The van der Waals surface area contributed by atoms with E-state index in [2.05, 4.69) is 37.8 Å². The van der Waals surface area contributed by atoms with Crippen LogP contribution in [0.2, 0.25) is 0 Å². The number of hydrogen-bond acceptors (Lipinski definition) is 0. The van der Waals surface area contributed by atoms with Crippen LogP contribution in [0, 0.1) is 0 Å². The van der Waals surface area contributed by atoms with Crippen LogP contribution in [-0.4, -0.2) is 0 Å². The molecular formula is C16H28. The van der Waals surface area contributed by atoms with E-state index in [1.165, 1.54) is 57.8 Å². The van der Waals surface area contributed by atoms with E-state index in [1.54, 1.807) is 0 Å². The summed E-state index contributed by atoms with van der Waals surface area (Å²) >= 11 is 0. The van der Waals surface area contributed by atoms with Crippen molar-refractivity contribution in [2.24, 2.45) is 0 Å². The van der Waals surface area contributed by atoms with Crippen LogP contribution in [0.5, 0.6) is 0 Å². The van der Waals surface area contributed by atoms with Gasteiger partial charge in [0, 0.05) is 0 Å². The first kappa shape index (κ1) is 15.2. The van der Waals surface area contributed by atoms with Crippen molar-refractivity contribution in [2.45, 2.75) is 64.7 Å². The van der Waals surface area contributed by atoms with Crippen LogP contribution in [0.3, 0.4) is 0 Å². The third kappa shape index (κ3) is 13.2. The summed E-state index contributed by atoms with van der Waals surface area (Å²) in [6.07, 6.45) is 22.5. The van der Waals surface area contributed by atoms with Gasteiger partial charge in [0.15, 0.2) is 0 Å². The first-order chi connectivity index (χ1) is 7.91. The predicted molar refractivity (Wildman–Crippen MR) is 75.7 cm³/mol. The van der Waals surface area contributed by atoms with Gasteiger partial charge in [0.25, 0.3) is 0 Å². The summed E-state index contributed by atoms with van der Waals surface area (Å²) in [7, 11) is 0. The van der Waals surface area contributed by atoms with Gasteiger partial charge >= 0.3 is 0 Å². The standard InChI is InChI=1S/C16H28/c1-3-5-7-9-11-13-15-16-14-12-10-8-6-4-2/h3,12,14-16H,1,4-11,13H2,2H3/b14-12-,16-15+. The fraction of sp³-hybridized carbons (Fsp3) is 0.625. The summed E-state index contributed by atoms with van der Waals surface area (Å²) in [5, 5.41) is 0. The van der Waals surface area contributed by atoms with Crippen LogP contribution in [0.15, 0.2) is 37.0 Å². The molecule has 0 saturated heterocycles. The molecule has 0 heteroatoms. The lowest BCUT2D eigenvalue weighted by molar-refractivity contribution is 0.696. The van der Waals surface area contributed by atoms with E-state index < -0.39 is 0 Å². The van der Waals surface area contributed by atoms with E-state index in [9.17, 15) is 0 Å². The third-order valence-electron chi connectivity index (χ3n) is 2.64. The summed E-state index contributed by atoms with van der Waals surface area (Å²) in [5.41, 5.74) is 0. The normalized spacial score (nSPS) is 11.6. The molecule has 0 aromatic heterocycles. The molecular weight excluding hydrogens is 192 g/mol. The first-order valence-corrected chi connectivity index (χ1v) is 6.84. The minimum atomic E-state index is 1.17. The Balaban J connectivity index is 3.17. The maximum Gasteiger partial charge on any atom is -0.0348 e. The van der Waals surface area contributed by atoms with Gasteiger partial charge in [0.05, 0.1) is 0 Å². The molecule has 0 rings (SSSR count). The second kappa shape index (κ2) is 14.2. The molecule has 0 atom stereocenters. The Kier molecular flexibility index (Phi) is 13.5. The van der Waals surface area contributed by atoms with Crippen molar-refractivity contribution >= 4 is 0 Å². The molecule has 0 bridgehead atoms. The largest absolute Gasteiger partial charge is 0.103 e. The number of rotatable bonds is 11. The van der Waals surface area contributed by atoms with Crippen molar-refractivity contribution in [3.05, 3.63) is 37.0 Å². The molecule has 0 amide bonds. The van der Waals surface area contributed by atoms with E-state index in [0.29, 0.717) is 0 Å². The molecule has 0 unspecified atom stereocenters. The van der Waals surface area contributed by atoms with E-state index in [1.807, 2.05) is 6.08 Å². The fourth-order valence-electron chi connectivity index (χ4n) is 1.59. The van der Waals surface area contributed by atoms with Crippen LogP contribution in [-0.2, 0) is 0 Å². The topological polar surface area (TPSA) is 0 Å². The molecule has 0 spiro atoms. The van der Waals surface area contributed by atoms with Crippen molar-refractivity contribution in [1.29, 1.82) is 0 Å². The van der Waals surface area contributed by atoms with Crippen LogP contribution >= 0.6 is 0 Å². The van der Waals surface area contributed by atoms with Gasteiger partial charge in [-0.05, 0) is 38.5 Å². The Bertz CT molecular complexity index is 186. The average molecular weight is 220 g/mol. The van der Waals surface area contributed by atoms with Gasteiger partial charge in [-0.3, -0.25) is 0 Å². The molecule has 0 aromatic rings. The lowest BCUT2D eigenvalue weighted by Crippen LogP contribution is -1.74. The fourth-order valence-corrected chi connectivity index (χ4v) is 1.59. The van der Waals surface area contributed by atoms with E-state index >= 15 is 0 Å². The molecule has 0 aliphatic rings. The maximum atomic E-state index is 3.73. The zero-order valence-electron chi connectivity index (χ0n) is 11.0. The Morgan fingerprint density at radius 3 is 1.88 bits per heavy atom. The maximum absolute atomic E-state index is 3.73. The highest BCUT2D eigenvalue weighted by Gasteiger charge is 1.84. The molecule has 0 heterocycles. The van der Waals surface area contributed by atoms with Crippen LogP contribution in [0.4, 0.5) is 0 Å². The van der Waals surface area contributed by atoms with Crippen molar-refractivity contribution < 1.29 is 0 Å². The molecule has 0 fully saturated rings. The molecule has 0 aliphatic heterocycles. The summed E-state index contributed by atoms with van der Waals surface area (Å²) < 4.78 is 0. The Hall–Kier alpha value is -0.780. The van der Waals surface area contributed by atoms with E-state index in [0.717, 1.165) is 0 Å². The Morgan fingerprint density at radius 1 is 0.750 bits per heavy atom. The van der Waals surface area contributed by atoms with Crippen LogP contribution < -0.4 is 0 Å². The summed E-state index contributed by atoms with van der Waals surface area (Å²) in [6.45, 7) is 5.97. The molecule has 0 aromatic carbocycles. The van der Waals surface area contributed by atoms with Gasteiger partial charge in [0.1, 0.15) is 0 Å². The number of allylic oxidation sites excluding steroid dienone is 5. The Labute approximate surface area is 102 Å². The predicted octanol–water partition coefficient (Wildman–Crippen LogP) is 5.82. The third-order valence-corrected chi connectivity index (χ3v) is 2.64. The second-order valence-electron chi connectivity index (χ2n) is 4.28. The highest BCUT2D eigenvalue weighted by molar-refractivity contribution is 5.02. The first-order valence-electron chi connectivity index (χ1n) is 6.84. The zero-order chi connectivity index (χ0) is 11.9. The van der Waals surface area contributed by atoms with Gasteiger partial charge in [-0.1, -0.05) is 56.6 Å². The lowest BCUT2D eigenvalue weighted by Gasteiger charge is -1.93. The minimum Gasteiger partial charge on any atom is -0.103 e. The van der Waals surface area contributed by atoms with Gasteiger partial charge in [0.2, 0.25) is 0 Å². The van der Waals surface area contributed by atoms with Crippen LogP contribution in [0.25, 0.3) is 0 Å². The SMILES string of the molecule is C=CCCCCC/C=C/C=C\CCCCC. The van der Waals surface area contributed by atoms with Crippen molar-refractivity contribution in [3.63, 3.8) is 0 Å². The monoisotopic (exact) mass is 220 g/mol. The van der Waals surface area contributed by atoms with Gasteiger partial charge in [-0.2, -0.15) is 0 Å². The molecule has 0 N–H and O–H groups in total. The van der Waals surface area contributed by atoms with Crippen molar-refractivity contribution in [1.82, 2.24) is 0 Å². The second-order valence-corrected chi connectivity index (χ2v) is 4.28. The van der Waals surface area contributed by atoms with Gasteiger partial charge in [-0.25, -0.2) is 0 Å². The van der Waals surface area contributed by atoms with E-state index in [-0.39, 0.29) is 0 Å². The molecule has 0 nitrogen and oxygen atoms in total. The highest BCUT2D eigenvalue weighted by atomic mass is 13.9. The smallest absolute Gasteiger partial charge is 0.0348 e. The van der Waals surface area contributed by atoms with Crippen molar-refractivity contribution in [3.8, 4) is 0 Å². The summed E-state index contributed by atoms with van der Waals surface area (Å²) in [6, 6.07) is 0. The lowest BCUT2D eigenvalue weighted by atomic mass is 10.1. The van der Waals surface area contributed by atoms with Crippen molar-refractivity contribution in [2.75, 3.05) is 0 Å². The molecule has 0 saturated carbocycles. The molecule has 0 radical (unpaired) electrons. The molecule has 0 aliphatic carbocycles. The number of unbranched alkanes of at least 4 members (excludes halogenated alkanes) is 7. The Morgan fingerprint density at radius 2 is 1.31 bits per heavy atom. The van der Waals surface area contributed by atoms with Crippen LogP contribution in [0.1, 0.15) is 64.7 Å². The van der Waals surface area contributed by atoms with Gasteiger partial charge in [-0.15, -0.1) is 6.58 Å². The van der Waals surface area contributed by atoms with E-state index in [4.69, 9.17) is 0 Å². The minimum absolute atomic E-state index is 1.17. The number of hydrogen-bond donors (Lipinski definition) is 0. The van der Waals surface area contributed by atoms with Gasteiger partial charge < -0.3 is 0 Å². The summed E-state index contributed by atoms with van der Waals surface area (Å²) in [4.78, 5) is 0.